The van der Waals surface area contributed by atoms with Crippen LogP contribution in [0, 0.1) is 0 Å². The number of benzene rings is 7. The molecule has 0 aliphatic heterocycles. The summed E-state index contributed by atoms with van der Waals surface area (Å²) >= 11 is 0. The number of aromatic nitrogens is 3. The summed E-state index contributed by atoms with van der Waals surface area (Å²) in [6.45, 7) is 0. The number of hydrogen-bond donors (Lipinski definition) is 0. The highest BCUT2D eigenvalue weighted by Gasteiger charge is 2.18. The van der Waals surface area contributed by atoms with Crippen molar-refractivity contribution in [3.63, 3.8) is 0 Å². The Morgan fingerprint density at radius 1 is 0.295 bits per heavy atom. The van der Waals surface area contributed by atoms with Crippen molar-refractivity contribution in [2.24, 2.45) is 0 Å². The van der Waals surface area contributed by atoms with Crippen LogP contribution in [0.2, 0.25) is 0 Å². The molecule has 0 saturated carbocycles. The van der Waals surface area contributed by atoms with Crippen LogP contribution in [0.5, 0.6) is 0 Å². The zero-order chi connectivity index (χ0) is 29.3. The summed E-state index contributed by atoms with van der Waals surface area (Å²) in [6, 6.07) is 57.0. The highest BCUT2D eigenvalue weighted by atomic mass is 15.0. The zero-order valence-electron chi connectivity index (χ0n) is 23.9. The number of fused-ring (bicyclic) bond motifs is 2. The van der Waals surface area contributed by atoms with Crippen LogP contribution in [0.25, 0.3) is 78.0 Å². The van der Waals surface area contributed by atoms with Gasteiger partial charge >= 0.3 is 0 Å². The highest BCUT2D eigenvalue weighted by molar-refractivity contribution is 6.14. The lowest BCUT2D eigenvalue weighted by Gasteiger charge is -2.17. The maximum atomic E-state index is 5.04. The Bertz CT molecular complexity index is 2150. The SMILES string of the molecule is c1ccc(-c2nc(-c3ccccc3)nc(-c3ccc(-c4ccccc4)c(-c4c5ccccc5cc5ccccc45)c3)n2)cc1. The van der Waals surface area contributed by atoms with Crippen LogP contribution in [0.4, 0.5) is 0 Å². The van der Waals surface area contributed by atoms with Crippen molar-refractivity contribution >= 4 is 21.5 Å². The first-order valence-corrected chi connectivity index (χ1v) is 14.8. The Balaban J connectivity index is 1.43. The fourth-order valence-corrected chi connectivity index (χ4v) is 6.00. The Morgan fingerprint density at radius 2 is 0.727 bits per heavy atom. The largest absolute Gasteiger partial charge is 0.208 e. The monoisotopic (exact) mass is 561 g/mol. The lowest BCUT2D eigenvalue weighted by atomic mass is 9.86. The zero-order valence-corrected chi connectivity index (χ0v) is 23.9. The van der Waals surface area contributed by atoms with Gasteiger partial charge in [0.05, 0.1) is 0 Å². The summed E-state index contributed by atoms with van der Waals surface area (Å²) in [5, 5.41) is 4.85. The van der Waals surface area contributed by atoms with Crippen molar-refractivity contribution in [2.45, 2.75) is 0 Å². The molecule has 206 valence electrons. The first kappa shape index (κ1) is 25.8. The van der Waals surface area contributed by atoms with Gasteiger partial charge in [0.15, 0.2) is 17.5 Å². The molecular formula is C41H27N3. The molecule has 7 aromatic carbocycles. The van der Waals surface area contributed by atoms with Crippen molar-refractivity contribution < 1.29 is 0 Å². The molecule has 8 rings (SSSR count). The highest BCUT2D eigenvalue weighted by Crippen LogP contribution is 2.42. The smallest absolute Gasteiger partial charge is 0.164 e. The number of rotatable bonds is 5. The van der Waals surface area contributed by atoms with Gasteiger partial charge < -0.3 is 0 Å². The van der Waals surface area contributed by atoms with E-state index in [9.17, 15) is 0 Å². The van der Waals surface area contributed by atoms with Crippen LogP contribution in [0.15, 0.2) is 164 Å². The third-order valence-electron chi connectivity index (χ3n) is 8.10. The number of nitrogens with zero attached hydrogens (tertiary/aromatic N) is 3. The molecular weight excluding hydrogens is 534 g/mol. The normalized spacial score (nSPS) is 11.2. The van der Waals surface area contributed by atoms with Gasteiger partial charge in [0.1, 0.15) is 0 Å². The van der Waals surface area contributed by atoms with E-state index in [4.69, 9.17) is 15.0 Å². The second-order valence-electron chi connectivity index (χ2n) is 10.9. The van der Waals surface area contributed by atoms with E-state index in [2.05, 4.69) is 103 Å². The minimum Gasteiger partial charge on any atom is -0.208 e. The van der Waals surface area contributed by atoms with Crippen molar-refractivity contribution in [2.75, 3.05) is 0 Å². The van der Waals surface area contributed by atoms with E-state index >= 15 is 0 Å². The van der Waals surface area contributed by atoms with Crippen molar-refractivity contribution in [3.05, 3.63) is 164 Å². The van der Waals surface area contributed by atoms with Crippen LogP contribution in [0.1, 0.15) is 0 Å². The van der Waals surface area contributed by atoms with Crippen molar-refractivity contribution in [1.29, 1.82) is 0 Å². The third kappa shape index (κ3) is 4.71. The molecule has 1 heterocycles. The molecule has 0 fully saturated rings. The van der Waals surface area contributed by atoms with Crippen LogP contribution in [-0.2, 0) is 0 Å². The van der Waals surface area contributed by atoms with Gasteiger partial charge in [-0.2, -0.15) is 0 Å². The van der Waals surface area contributed by atoms with E-state index < -0.39 is 0 Å². The molecule has 8 aromatic rings. The van der Waals surface area contributed by atoms with E-state index in [-0.39, 0.29) is 0 Å². The molecule has 3 nitrogen and oxygen atoms in total. The minimum absolute atomic E-state index is 0.642. The van der Waals surface area contributed by atoms with Gasteiger partial charge in [-0.25, -0.2) is 15.0 Å². The van der Waals surface area contributed by atoms with Crippen molar-refractivity contribution in [3.8, 4) is 56.4 Å². The second kappa shape index (κ2) is 11.0. The predicted octanol–water partition coefficient (Wildman–Crippen LogP) is 10.5. The van der Waals surface area contributed by atoms with E-state index in [1.54, 1.807) is 0 Å². The molecule has 1 aromatic heterocycles. The van der Waals surface area contributed by atoms with E-state index in [0.717, 1.165) is 33.4 Å². The Morgan fingerprint density at radius 3 is 1.25 bits per heavy atom. The summed E-state index contributed by atoms with van der Waals surface area (Å²) in [7, 11) is 0. The van der Waals surface area contributed by atoms with Gasteiger partial charge in [0.25, 0.3) is 0 Å². The van der Waals surface area contributed by atoms with Gasteiger partial charge in [-0.1, -0.05) is 152 Å². The Labute approximate surface area is 256 Å². The van der Waals surface area contributed by atoms with E-state index in [1.807, 2.05) is 60.7 Å². The topological polar surface area (TPSA) is 38.7 Å². The van der Waals surface area contributed by atoms with E-state index in [0.29, 0.717) is 17.5 Å². The van der Waals surface area contributed by atoms with Crippen LogP contribution in [0.3, 0.4) is 0 Å². The quantitative estimate of drug-likeness (QED) is 0.196. The molecule has 0 bridgehead atoms. The van der Waals surface area contributed by atoms with Crippen LogP contribution in [-0.4, -0.2) is 15.0 Å². The lowest BCUT2D eigenvalue weighted by Crippen LogP contribution is -2.00. The summed E-state index contributed by atoms with van der Waals surface area (Å²) in [5.41, 5.74) is 7.52. The van der Waals surface area contributed by atoms with Gasteiger partial charge in [0, 0.05) is 16.7 Å². The molecule has 0 saturated heterocycles. The average molecular weight is 562 g/mol. The fraction of sp³-hybridized carbons (Fsp3) is 0. The molecule has 0 aliphatic rings. The molecule has 44 heavy (non-hydrogen) atoms. The maximum absolute atomic E-state index is 5.04. The summed E-state index contributed by atoms with van der Waals surface area (Å²) < 4.78 is 0. The average Bonchev–Trinajstić information content (AvgIpc) is 3.11. The van der Waals surface area contributed by atoms with Gasteiger partial charge in [0.2, 0.25) is 0 Å². The molecule has 3 heteroatoms. The van der Waals surface area contributed by atoms with Gasteiger partial charge in [-0.05, 0) is 55.9 Å². The first-order valence-electron chi connectivity index (χ1n) is 14.8. The maximum Gasteiger partial charge on any atom is 0.164 e. The number of hydrogen-bond acceptors (Lipinski definition) is 3. The van der Waals surface area contributed by atoms with Gasteiger partial charge in [-0.3, -0.25) is 0 Å². The Kier molecular flexibility index (Phi) is 6.47. The fourth-order valence-electron chi connectivity index (χ4n) is 6.00. The summed E-state index contributed by atoms with van der Waals surface area (Å²) in [5.74, 6) is 1.95. The second-order valence-corrected chi connectivity index (χ2v) is 10.9. The Hall–Kier alpha value is -5.93. The molecule has 0 aliphatic carbocycles. The van der Waals surface area contributed by atoms with Crippen LogP contribution >= 0.6 is 0 Å². The van der Waals surface area contributed by atoms with Gasteiger partial charge in [-0.15, -0.1) is 0 Å². The third-order valence-corrected chi connectivity index (χ3v) is 8.10. The van der Waals surface area contributed by atoms with E-state index in [1.165, 1.54) is 27.1 Å². The standard InChI is InChI=1S/C41H27N3/c1-4-14-28(15-5-1)34-25-24-33(27-37(34)38-35-22-12-10-20-31(35)26-32-21-11-13-23-36(32)38)41-43-39(29-16-6-2-7-17-29)42-40(44-41)30-18-8-3-9-19-30/h1-27H. The molecule has 0 atom stereocenters. The summed E-state index contributed by atoms with van der Waals surface area (Å²) in [4.78, 5) is 15.0. The first-order chi connectivity index (χ1) is 21.8. The molecule has 0 N–H and O–H groups in total. The van der Waals surface area contributed by atoms with Crippen molar-refractivity contribution in [1.82, 2.24) is 15.0 Å². The lowest BCUT2D eigenvalue weighted by molar-refractivity contribution is 1.07. The summed E-state index contributed by atoms with van der Waals surface area (Å²) in [6.07, 6.45) is 0. The molecule has 0 unspecified atom stereocenters. The molecule has 0 radical (unpaired) electrons. The minimum atomic E-state index is 0.642. The predicted molar refractivity (Wildman–Crippen MR) is 182 cm³/mol. The van der Waals surface area contributed by atoms with Crippen LogP contribution < -0.4 is 0 Å². The molecule has 0 spiro atoms. The molecule has 0 amide bonds.